The maximum absolute atomic E-state index is 5.33. The van der Waals surface area contributed by atoms with Crippen LogP contribution in [0.15, 0.2) is 30.0 Å². The second-order valence-corrected chi connectivity index (χ2v) is 4.75. The van der Waals surface area contributed by atoms with Crippen LogP contribution in [0.3, 0.4) is 0 Å². The third kappa shape index (κ3) is 2.23. The van der Waals surface area contributed by atoms with Gasteiger partial charge in [0.05, 0.1) is 25.4 Å². The van der Waals surface area contributed by atoms with E-state index in [-0.39, 0.29) is 0 Å². The Hall–Kier alpha value is -2.41. The molecule has 0 saturated carbocycles. The molecular formula is C13H12N4O2S. The van der Waals surface area contributed by atoms with E-state index in [4.69, 9.17) is 9.47 Å². The van der Waals surface area contributed by atoms with Crippen LogP contribution in [0.2, 0.25) is 0 Å². The molecule has 7 heteroatoms. The highest BCUT2D eigenvalue weighted by molar-refractivity contribution is 7.16. The molecule has 3 rings (SSSR count). The Morgan fingerprint density at radius 1 is 1.10 bits per heavy atom. The molecule has 1 N–H and O–H groups in total. The minimum absolute atomic E-state index is 0.641. The monoisotopic (exact) mass is 288 g/mol. The van der Waals surface area contributed by atoms with Crippen LogP contribution in [-0.4, -0.2) is 29.2 Å². The quantitative estimate of drug-likeness (QED) is 0.796. The summed E-state index contributed by atoms with van der Waals surface area (Å²) in [6, 6.07) is 5.52. The number of benzene rings is 1. The van der Waals surface area contributed by atoms with Crippen molar-refractivity contribution in [3.63, 3.8) is 0 Å². The summed E-state index contributed by atoms with van der Waals surface area (Å²) in [6.07, 6.45) is 1.51. The summed E-state index contributed by atoms with van der Waals surface area (Å²) in [5.74, 6) is 2.08. The van der Waals surface area contributed by atoms with Crippen molar-refractivity contribution in [2.24, 2.45) is 0 Å². The molecule has 2 heterocycles. The van der Waals surface area contributed by atoms with Gasteiger partial charge in [0, 0.05) is 6.07 Å². The summed E-state index contributed by atoms with van der Waals surface area (Å²) >= 11 is 1.47. The standard InChI is InChI=1S/C13H12N4O2S/c1-18-8-3-4-10(19-2)9(5-8)17-12-11-13(15-6-14-12)20-7-16-11/h3-7H,1-2H3,(H,14,15,17). The van der Waals surface area contributed by atoms with Gasteiger partial charge < -0.3 is 14.8 Å². The van der Waals surface area contributed by atoms with Gasteiger partial charge in [-0.25, -0.2) is 15.0 Å². The topological polar surface area (TPSA) is 69.2 Å². The van der Waals surface area contributed by atoms with Gasteiger partial charge in [0.1, 0.15) is 28.2 Å². The molecule has 3 aromatic rings. The van der Waals surface area contributed by atoms with Crippen molar-refractivity contribution < 1.29 is 9.47 Å². The van der Waals surface area contributed by atoms with Gasteiger partial charge in [0.2, 0.25) is 0 Å². The Bertz CT molecular complexity index is 744. The van der Waals surface area contributed by atoms with E-state index >= 15 is 0 Å². The number of hydrogen-bond donors (Lipinski definition) is 1. The first-order valence-electron chi connectivity index (χ1n) is 5.85. The van der Waals surface area contributed by atoms with Gasteiger partial charge in [-0.3, -0.25) is 0 Å². The molecule has 0 saturated heterocycles. The molecule has 0 fully saturated rings. The molecule has 20 heavy (non-hydrogen) atoms. The predicted octanol–water partition coefficient (Wildman–Crippen LogP) is 2.85. The Morgan fingerprint density at radius 2 is 2.00 bits per heavy atom. The number of methoxy groups -OCH3 is 2. The van der Waals surface area contributed by atoms with E-state index in [9.17, 15) is 0 Å². The van der Waals surface area contributed by atoms with E-state index in [1.165, 1.54) is 17.7 Å². The largest absolute Gasteiger partial charge is 0.497 e. The summed E-state index contributed by atoms with van der Waals surface area (Å²) in [4.78, 5) is 13.5. The summed E-state index contributed by atoms with van der Waals surface area (Å²) in [5.41, 5.74) is 3.25. The van der Waals surface area contributed by atoms with Gasteiger partial charge in [0.15, 0.2) is 5.82 Å². The maximum atomic E-state index is 5.33. The molecular weight excluding hydrogens is 276 g/mol. The van der Waals surface area contributed by atoms with E-state index in [0.717, 1.165) is 21.8 Å². The summed E-state index contributed by atoms with van der Waals surface area (Å²) < 4.78 is 10.6. The van der Waals surface area contributed by atoms with Crippen molar-refractivity contribution in [1.82, 2.24) is 15.0 Å². The van der Waals surface area contributed by atoms with Crippen molar-refractivity contribution >= 4 is 33.2 Å². The van der Waals surface area contributed by atoms with Crippen LogP contribution in [0.5, 0.6) is 11.5 Å². The Balaban J connectivity index is 2.04. The normalized spacial score (nSPS) is 10.5. The number of fused-ring (bicyclic) bond motifs is 1. The summed E-state index contributed by atoms with van der Waals surface area (Å²) in [5, 5.41) is 3.22. The van der Waals surface area contributed by atoms with Gasteiger partial charge in [-0.05, 0) is 12.1 Å². The molecule has 0 atom stereocenters. The molecule has 0 aliphatic carbocycles. The van der Waals surface area contributed by atoms with Crippen molar-refractivity contribution in [3.05, 3.63) is 30.0 Å². The fraction of sp³-hybridized carbons (Fsp3) is 0.154. The zero-order valence-corrected chi connectivity index (χ0v) is 11.8. The predicted molar refractivity (Wildman–Crippen MR) is 78.0 cm³/mol. The Kier molecular flexibility index (Phi) is 3.34. The molecule has 1 aromatic carbocycles. The fourth-order valence-corrected chi connectivity index (χ4v) is 2.45. The lowest BCUT2D eigenvalue weighted by atomic mass is 10.2. The van der Waals surface area contributed by atoms with Gasteiger partial charge in [-0.2, -0.15) is 0 Å². The Morgan fingerprint density at radius 3 is 2.80 bits per heavy atom. The van der Waals surface area contributed by atoms with Crippen molar-refractivity contribution in [3.8, 4) is 11.5 Å². The summed E-state index contributed by atoms with van der Waals surface area (Å²) in [7, 11) is 3.24. The number of nitrogens with zero attached hydrogens (tertiary/aromatic N) is 3. The third-order valence-corrected chi connectivity index (χ3v) is 3.53. The average molecular weight is 288 g/mol. The van der Waals surface area contributed by atoms with Crippen LogP contribution in [0.4, 0.5) is 11.5 Å². The number of nitrogens with one attached hydrogen (secondary N) is 1. The lowest BCUT2D eigenvalue weighted by molar-refractivity contribution is 0.405. The van der Waals surface area contributed by atoms with E-state index in [1.807, 2.05) is 18.2 Å². The van der Waals surface area contributed by atoms with E-state index in [0.29, 0.717) is 11.6 Å². The third-order valence-electron chi connectivity index (χ3n) is 2.79. The van der Waals surface area contributed by atoms with E-state index in [2.05, 4.69) is 20.3 Å². The van der Waals surface area contributed by atoms with Gasteiger partial charge >= 0.3 is 0 Å². The molecule has 6 nitrogen and oxygen atoms in total. The lowest BCUT2D eigenvalue weighted by Gasteiger charge is -2.12. The maximum Gasteiger partial charge on any atom is 0.161 e. The SMILES string of the molecule is COc1ccc(OC)c(Nc2ncnc3scnc23)c1. The Labute approximate surface area is 119 Å². The number of thiazole rings is 1. The highest BCUT2D eigenvalue weighted by atomic mass is 32.1. The number of anilines is 2. The molecule has 0 unspecified atom stereocenters. The molecule has 0 spiro atoms. The number of hydrogen-bond acceptors (Lipinski definition) is 7. The van der Waals surface area contributed by atoms with Crippen LogP contribution in [0.25, 0.3) is 10.3 Å². The van der Waals surface area contributed by atoms with E-state index < -0.39 is 0 Å². The zero-order valence-electron chi connectivity index (χ0n) is 11.0. The minimum Gasteiger partial charge on any atom is -0.497 e. The van der Waals surface area contributed by atoms with Gasteiger partial charge in [0.25, 0.3) is 0 Å². The van der Waals surface area contributed by atoms with E-state index in [1.54, 1.807) is 19.7 Å². The van der Waals surface area contributed by atoms with Crippen LogP contribution >= 0.6 is 11.3 Å². The second kappa shape index (κ2) is 5.30. The molecule has 0 aliphatic rings. The molecule has 0 aliphatic heterocycles. The minimum atomic E-state index is 0.641. The van der Waals surface area contributed by atoms with Crippen molar-refractivity contribution in [2.45, 2.75) is 0 Å². The molecule has 0 amide bonds. The summed E-state index contributed by atoms with van der Waals surface area (Å²) in [6.45, 7) is 0. The highest BCUT2D eigenvalue weighted by Gasteiger charge is 2.10. The lowest BCUT2D eigenvalue weighted by Crippen LogP contribution is -1.98. The van der Waals surface area contributed by atoms with Gasteiger partial charge in [-0.15, -0.1) is 11.3 Å². The van der Waals surface area contributed by atoms with Crippen LogP contribution in [0.1, 0.15) is 0 Å². The number of aromatic nitrogens is 3. The second-order valence-electron chi connectivity index (χ2n) is 3.92. The zero-order chi connectivity index (χ0) is 13.9. The first-order valence-corrected chi connectivity index (χ1v) is 6.73. The molecule has 0 radical (unpaired) electrons. The number of rotatable bonds is 4. The van der Waals surface area contributed by atoms with Crippen LogP contribution in [0, 0.1) is 0 Å². The number of ether oxygens (including phenoxy) is 2. The first-order chi connectivity index (χ1) is 9.81. The average Bonchev–Trinajstić information content (AvgIpc) is 2.96. The smallest absolute Gasteiger partial charge is 0.161 e. The molecule has 102 valence electrons. The molecule has 0 bridgehead atoms. The fourth-order valence-electron chi connectivity index (χ4n) is 1.82. The van der Waals surface area contributed by atoms with Gasteiger partial charge in [-0.1, -0.05) is 0 Å². The molecule has 2 aromatic heterocycles. The van der Waals surface area contributed by atoms with Crippen molar-refractivity contribution in [1.29, 1.82) is 0 Å². The highest BCUT2D eigenvalue weighted by Crippen LogP contribution is 2.32. The van der Waals surface area contributed by atoms with Crippen LogP contribution in [-0.2, 0) is 0 Å². The first kappa shape index (κ1) is 12.6. The van der Waals surface area contributed by atoms with Crippen LogP contribution < -0.4 is 14.8 Å². The van der Waals surface area contributed by atoms with Crippen molar-refractivity contribution in [2.75, 3.05) is 19.5 Å².